The number of ether oxygens (including phenoxy) is 1. The minimum absolute atomic E-state index is 0.250. The van der Waals surface area contributed by atoms with Gasteiger partial charge in [0, 0.05) is 31.6 Å². The van der Waals surface area contributed by atoms with Gasteiger partial charge in [-0.15, -0.1) is 0 Å². The van der Waals surface area contributed by atoms with Gasteiger partial charge in [0.1, 0.15) is 0 Å². The summed E-state index contributed by atoms with van der Waals surface area (Å²) in [5, 5.41) is 10.1. The van der Waals surface area contributed by atoms with Crippen LogP contribution in [0.25, 0.3) is 0 Å². The fraction of sp³-hybridized carbons (Fsp3) is 1.00. The van der Waals surface area contributed by atoms with Crippen LogP contribution in [0.3, 0.4) is 0 Å². The lowest BCUT2D eigenvalue weighted by molar-refractivity contribution is 0.0499. The van der Waals surface area contributed by atoms with Gasteiger partial charge in [-0.25, -0.2) is 0 Å². The van der Waals surface area contributed by atoms with Crippen molar-refractivity contribution in [2.45, 2.75) is 18.9 Å². The third-order valence-electron chi connectivity index (χ3n) is 2.61. The van der Waals surface area contributed by atoms with Crippen LogP contribution in [0.1, 0.15) is 12.8 Å². The van der Waals surface area contributed by atoms with Crippen LogP contribution in [-0.4, -0.2) is 54.8 Å². The number of nitrogens with zero attached hydrogens (tertiary/aromatic N) is 1. The van der Waals surface area contributed by atoms with E-state index in [1.165, 1.54) is 0 Å². The molecule has 1 aliphatic heterocycles. The van der Waals surface area contributed by atoms with Gasteiger partial charge in [-0.2, -0.15) is 0 Å². The first-order valence-corrected chi connectivity index (χ1v) is 6.35. The summed E-state index contributed by atoms with van der Waals surface area (Å²) in [6, 6.07) is 0. The number of hydrogen-bond donors (Lipinski definition) is 1. The molecule has 0 saturated carbocycles. The first-order chi connectivity index (χ1) is 6.72. The number of halogens is 1. The van der Waals surface area contributed by atoms with E-state index in [2.05, 4.69) is 27.9 Å². The van der Waals surface area contributed by atoms with Gasteiger partial charge in [0.15, 0.2) is 0 Å². The summed E-state index contributed by atoms with van der Waals surface area (Å²) in [7, 11) is 2.07. The van der Waals surface area contributed by atoms with E-state index in [0.717, 1.165) is 45.1 Å². The molecule has 0 radical (unpaired) electrons. The maximum absolute atomic E-state index is 9.44. The number of aliphatic hydroxyl groups excluding tert-OH is 1. The van der Waals surface area contributed by atoms with Crippen LogP contribution >= 0.6 is 15.9 Å². The molecule has 1 atom stereocenters. The van der Waals surface area contributed by atoms with Crippen LogP contribution in [0.15, 0.2) is 0 Å². The van der Waals surface area contributed by atoms with Gasteiger partial charge in [0.05, 0.1) is 6.10 Å². The Morgan fingerprint density at radius 2 is 2.14 bits per heavy atom. The number of likely N-dealkylation sites (N-methyl/N-ethyl adjacent to an activating group) is 1. The second-order valence-corrected chi connectivity index (χ2v) is 4.73. The molecule has 1 rings (SSSR count). The molecule has 84 valence electrons. The van der Waals surface area contributed by atoms with E-state index >= 15 is 0 Å². The number of rotatable bonds is 5. The topological polar surface area (TPSA) is 32.7 Å². The molecule has 0 spiro atoms. The Balaban J connectivity index is 2.14. The molecule has 0 aromatic rings. The molecule has 0 aromatic heterocycles. The SMILES string of the molecule is CN(CC(O)CBr)CC1CCOCC1. The highest BCUT2D eigenvalue weighted by Crippen LogP contribution is 2.15. The van der Waals surface area contributed by atoms with E-state index in [1.807, 2.05) is 0 Å². The summed E-state index contributed by atoms with van der Waals surface area (Å²) >= 11 is 3.27. The van der Waals surface area contributed by atoms with Crippen LogP contribution in [0.2, 0.25) is 0 Å². The summed E-state index contributed by atoms with van der Waals surface area (Å²) in [5.74, 6) is 0.747. The lowest BCUT2D eigenvalue weighted by Gasteiger charge is -2.27. The summed E-state index contributed by atoms with van der Waals surface area (Å²) in [5.41, 5.74) is 0. The molecule has 1 heterocycles. The van der Waals surface area contributed by atoms with E-state index in [9.17, 15) is 5.11 Å². The molecule has 1 aliphatic rings. The van der Waals surface area contributed by atoms with Gasteiger partial charge in [0.2, 0.25) is 0 Å². The molecule has 0 aromatic carbocycles. The second-order valence-electron chi connectivity index (χ2n) is 4.09. The zero-order valence-corrected chi connectivity index (χ0v) is 10.4. The van der Waals surface area contributed by atoms with Crippen LogP contribution in [-0.2, 0) is 4.74 Å². The van der Waals surface area contributed by atoms with Gasteiger partial charge in [-0.3, -0.25) is 0 Å². The molecule has 4 heteroatoms. The van der Waals surface area contributed by atoms with E-state index in [4.69, 9.17) is 4.74 Å². The van der Waals surface area contributed by atoms with Crippen molar-refractivity contribution in [1.29, 1.82) is 0 Å². The maximum atomic E-state index is 9.44. The first kappa shape index (κ1) is 12.4. The van der Waals surface area contributed by atoms with Gasteiger partial charge in [-0.05, 0) is 25.8 Å². The lowest BCUT2D eigenvalue weighted by atomic mass is 10.00. The highest BCUT2D eigenvalue weighted by molar-refractivity contribution is 9.09. The summed E-state index contributed by atoms with van der Waals surface area (Å²) < 4.78 is 5.31. The number of alkyl halides is 1. The maximum Gasteiger partial charge on any atom is 0.0763 e. The van der Waals surface area contributed by atoms with Crippen LogP contribution < -0.4 is 0 Å². The summed E-state index contributed by atoms with van der Waals surface area (Å²) in [4.78, 5) is 2.21. The summed E-state index contributed by atoms with van der Waals surface area (Å²) in [6.45, 7) is 3.63. The molecule has 1 saturated heterocycles. The minimum Gasteiger partial charge on any atom is -0.391 e. The zero-order chi connectivity index (χ0) is 10.4. The van der Waals surface area contributed by atoms with Crippen LogP contribution in [0, 0.1) is 5.92 Å². The monoisotopic (exact) mass is 265 g/mol. The van der Waals surface area contributed by atoms with Crippen LogP contribution in [0.5, 0.6) is 0 Å². The highest BCUT2D eigenvalue weighted by Gasteiger charge is 2.16. The Hall–Kier alpha value is 0.360. The van der Waals surface area contributed by atoms with Crippen molar-refractivity contribution in [3.8, 4) is 0 Å². The van der Waals surface area contributed by atoms with Gasteiger partial charge < -0.3 is 14.7 Å². The first-order valence-electron chi connectivity index (χ1n) is 5.22. The van der Waals surface area contributed by atoms with Crippen molar-refractivity contribution >= 4 is 15.9 Å². The Kier molecular flexibility index (Phi) is 6.01. The zero-order valence-electron chi connectivity index (χ0n) is 8.79. The molecular formula is C10H20BrNO2. The van der Waals surface area contributed by atoms with E-state index in [-0.39, 0.29) is 6.10 Å². The average Bonchev–Trinajstić information content (AvgIpc) is 2.19. The van der Waals surface area contributed by atoms with E-state index in [0.29, 0.717) is 5.33 Å². The van der Waals surface area contributed by atoms with Gasteiger partial charge in [-0.1, -0.05) is 15.9 Å². The molecule has 1 fully saturated rings. The Morgan fingerprint density at radius 3 is 2.71 bits per heavy atom. The molecule has 0 amide bonds. The Bertz CT molecular complexity index is 151. The summed E-state index contributed by atoms with van der Waals surface area (Å²) in [6.07, 6.45) is 2.07. The van der Waals surface area contributed by atoms with Crippen molar-refractivity contribution in [3.63, 3.8) is 0 Å². The van der Waals surface area contributed by atoms with E-state index in [1.54, 1.807) is 0 Å². The largest absolute Gasteiger partial charge is 0.391 e. The van der Waals surface area contributed by atoms with Gasteiger partial charge in [0.25, 0.3) is 0 Å². The fourth-order valence-corrected chi connectivity index (χ4v) is 2.06. The molecule has 1 N–H and O–H groups in total. The molecule has 1 unspecified atom stereocenters. The second kappa shape index (κ2) is 6.77. The smallest absolute Gasteiger partial charge is 0.0763 e. The predicted molar refractivity (Wildman–Crippen MR) is 60.8 cm³/mol. The highest BCUT2D eigenvalue weighted by atomic mass is 79.9. The Labute approximate surface area is 94.6 Å². The Morgan fingerprint density at radius 1 is 1.50 bits per heavy atom. The minimum atomic E-state index is -0.250. The predicted octanol–water partition coefficient (Wildman–Crippen LogP) is 1.10. The van der Waals surface area contributed by atoms with E-state index < -0.39 is 0 Å². The molecular weight excluding hydrogens is 246 g/mol. The standard InChI is InChI=1S/C10H20BrNO2/c1-12(8-10(13)6-11)7-9-2-4-14-5-3-9/h9-10,13H,2-8H2,1H3. The van der Waals surface area contributed by atoms with Crippen molar-refractivity contribution in [1.82, 2.24) is 4.90 Å². The van der Waals surface area contributed by atoms with Crippen molar-refractivity contribution in [3.05, 3.63) is 0 Å². The van der Waals surface area contributed by atoms with Crippen molar-refractivity contribution < 1.29 is 9.84 Å². The average molecular weight is 266 g/mol. The van der Waals surface area contributed by atoms with Crippen molar-refractivity contribution in [2.24, 2.45) is 5.92 Å². The van der Waals surface area contributed by atoms with Gasteiger partial charge >= 0.3 is 0 Å². The third kappa shape index (κ3) is 4.73. The molecule has 3 nitrogen and oxygen atoms in total. The quantitative estimate of drug-likeness (QED) is 0.756. The number of aliphatic hydroxyl groups is 1. The molecule has 0 aliphatic carbocycles. The van der Waals surface area contributed by atoms with Crippen LogP contribution in [0.4, 0.5) is 0 Å². The molecule has 0 bridgehead atoms. The number of hydrogen-bond acceptors (Lipinski definition) is 3. The van der Waals surface area contributed by atoms with Crippen molar-refractivity contribution in [2.75, 3.05) is 38.7 Å². The third-order valence-corrected chi connectivity index (χ3v) is 3.36. The normalized spacial score (nSPS) is 21.4. The molecule has 14 heavy (non-hydrogen) atoms. The lowest BCUT2D eigenvalue weighted by Crippen LogP contribution is -2.35. The fourth-order valence-electron chi connectivity index (χ4n) is 1.85.